The Hall–Kier alpha value is -3.33. The van der Waals surface area contributed by atoms with E-state index in [1.165, 1.54) is 28.8 Å². The molecule has 0 amide bonds. The number of aromatic hydroxyl groups is 1. The molecule has 2 N–H and O–H groups in total. The highest BCUT2D eigenvalue weighted by molar-refractivity contribution is 7.80. The molecule has 0 fully saturated rings. The van der Waals surface area contributed by atoms with Gasteiger partial charge in [-0.25, -0.2) is 4.39 Å². The van der Waals surface area contributed by atoms with Crippen molar-refractivity contribution in [3.63, 3.8) is 0 Å². The van der Waals surface area contributed by atoms with Gasteiger partial charge in [0.15, 0.2) is 5.69 Å². The van der Waals surface area contributed by atoms with Crippen LogP contribution in [0.5, 0.6) is 5.88 Å². The number of hydrogen-bond donors (Lipinski definition) is 2. The Bertz CT molecular complexity index is 1050. The molecule has 0 saturated carbocycles. The van der Waals surface area contributed by atoms with Gasteiger partial charge in [0.2, 0.25) is 11.0 Å². The zero-order chi connectivity index (χ0) is 20.1. The van der Waals surface area contributed by atoms with Crippen LogP contribution in [0.15, 0.2) is 58.8 Å². The van der Waals surface area contributed by atoms with Crippen molar-refractivity contribution in [3.05, 3.63) is 54.3 Å². The number of para-hydroxylation sites is 1. The highest BCUT2D eigenvalue weighted by Gasteiger charge is 2.18. The van der Waals surface area contributed by atoms with E-state index in [1.807, 2.05) is 0 Å². The maximum Gasteiger partial charge on any atom is 0.326 e. The summed E-state index contributed by atoms with van der Waals surface area (Å²) in [5, 5.41) is 22.0. The first-order valence-electron chi connectivity index (χ1n) is 8.43. The van der Waals surface area contributed by atoms with Crippen LogP contribution in [-0.2, 0) is 16.1 Å². The third kappa shape index (κ3) is 4.32. The molecule has 0 spiro atoms. The van der Waals surface area contributed by atoms with Crippen LogP contribution in [0.25, 0.3) is 10.9 Å². The van der Waals surface area contributed by atoms with Gasteiger partial charge in [0, 0.05) is 11.1 Å². The second-order valence-corrected chi connectivity index (χ2v) is 6.10. The van der Waals surface area contributed by atoms with E-state index in [-0.39, 0.29) is 35.6 Å². The molecule has 7 nitrogen and oxygen atoms in total. The Kier molecular flexibility index (Phi) is 5.95. The molecule has 1 heterocycles. The first-order valence-corrected chi connectivity index (χ1v) is 8.84. The predicted octanol–water partition coefficient (Wildman–Crippen LogP) is 4.53. The smallest absolute Gasteiger partial charge is 0.326 e. The summed E-state index contributed by atoms with van der Waals surface area (Å²) in [5.74, 6) is -1.06. The molecular formula is C19H17FN4O3S. The third-order valence-electron chi connectivity index (χ3n) is 3.85. The van der Waals surface area contributed by atoms with Crippen LogP contribution in [0.3, 0.4) is 0 Å². The molecule has 0 unspecified atom stereocenters. The van der Waals surface area contributed by atoms with Crippen molar-refractivity contribution < 1.29 is 19.0 Å². The highest BCUT2D eigenvalue weighted by Crippen LogP contribution is 2.38. The molecule has 0 aliphatic rings. The van der Waals surface area contributed by atoms with Crippen LogP contribution in [0.2, 0.25) is 0 Å². The number of thiocarbonyl (C=S) groups is 1. The van der Waals surface area contributed by atoms with E-state index in [0.717, 1.165) is 0 Å². The van der Waals surface area contributed by atoms with Crippen molar-refractivity contribution in [2.45, 2.75) is 13.5 Å². The summed E-state index contributed by atoms with van der Waals surface area (Å²) in [4.78, 5) is 11.8. The van der Waals surface area contributed by atoms with Gasteiger partial charge in [-0.2, -0.15) is 0 Å². The fourth-order valence-corrected chi connectivity index (χ4v) is 2.80. The lowest BCUT2D eigenvalue weighted by Gasteiger charge is -2.06. The fraction of sp³-hybridized carbons (Fsp3) is 0.158. The second-order valence-electron chi connectivity index (χ2n) is 5.72. The maximum absolute atomic E-state index is 13.0. The number of hydrogen-bond acceptors (Lipinski definition) is 5. The van der Waals surface area contributed by atoms with Crippen LogP contribution >= 0.6 is 12.2 Å². The van der Waals surface area contributed by atoms with Gasteiger partial charge in [0.25, 0.3) is 0 Å². The number of carbonyl (C=O) groups excluding carboxylic acids is 1. The molecule has 2 aromatic carbocycles. The van der Waals surface area contributed by atoms with Gasteiger partial charge in [0.05, 0.1) is 12.1 Å². The number of carbonyl (C=O) groups is 1. The number of nitrogens with one attached hydrogen (secondary N) is 1. The van der Waals surface area contributed by atoms with Crippen molar-refractivity contribution in [1.29, 1.82) is 0 Å². The lowest BCUT2D eigenvalue weighted by molar-refractivity contribution is -0.143. The molecule has 3 aromatic rings. The van der Waals surface area contributed by atoms with Crippen molar-refractivity contribution in [1.82, 2.24) is 4.57 Å². The topological polar surface area (TPSA) is 88.2 Å². The minimum absolute atomic E-state index is 0.0354. The monoisotopic (exact) mass is 400 g/mol. The minimum Gasteiger partial charge on any atom is -0.493 e. The zero-order valence-corrected chi connectivity index (χ0v) is 15.7. The number of anilines is 1. The van der Waals surface area contributed by atoms with Crippen molar-refractivity contribution >= 4 is 45.6 Å². The van der Waals surface area contributed by atoms with Crippen molar-refractivity contribution in [3.8, 4) is 5.88 Å². The van der Waals surface area contributed by atoms with E-state index in [4.69, 9.17) is 17.0 Å². The number of aromatic nitrogens is 1. The fourth-order valence-electron chi connectivity index (χ4n) is 2.64. The molecule has 0 saturated heterocycles. The number of rotatable bonds is 5. The van der Waals surface area contributed by atoms with E-state index in [0.29, 0.717) is 16.6 Å². The third-order valence-corrected chi connectivity index (χ3v) is 4.03. The Morgan fingerprint density at radius 3 is 2.68 bits per heavy atom. The summed E-state index contributed by atoms with van der Waals surface area (Å²) >= 11 is 5.12. The van der Waals surface area contributed by atoms with Gasteiger partial charge in [-0.05, 0) is 49.5 Å². The quantitative estimate of drug-likeness (QED) is 0.373. The predicted molar refractivity (Wildman–Crippen MR) is 107 cm³/mol. The number of azo groups is 1. The maximum atomic E-state index is 13.0. The van der Waals surface area contributed by atoms with E-state index in [9.17, 15) is 14.3 Å². The van der Waals surface area contributed by atoms with E-state index >= 15 is 0 Å². The lowest BCUT2D eigenvalue weighted by Crippen LogP contribution is -2.12. The molecule has 1 aromatic heterocycles. The molecule has 0 bridgehead atoms. The Morgan fingerprint density at radius 2 is 1.96 bits per heavy atom. The van der Waals surface area contributed by atoms with Crippen LogP contribution in [0.4, 0.5) is 15.8 Å². The number of ether oxygens (including phenoxy) is 1. The number of nitrogens with zero attached hydrogens (tertiary/aromatic N) is 3. The summed E-state index contributed by atoms with van der Waals surface area (Å²) in [6.07, 6.45) is 0. The molecular weight excluding hydrogens is 383 g/mol. The molecule has 0 radical (unpaired) electrons. The normalized spacial score (nSPS) is 11.1. The van der Waals surface area contributed by atoms with Crippen LogP contribution < -0.4 is 5.32 Å². The standard InChI is InChI=1S/C19H17FN4O3S/c1-2-27-16(25)11-24-15-6-4-3-5-14(15)17(18(24)26)22-23-19(28)21-13-9-7-12(20)8-10-13/h3-10,26H,2,11H2,1H3,(H,21,28). The number of fused-ring (bicyclic) bond motifs is 1. The van der Waals surface area contributed by atoms with Crippen molar-refractivity contribution in [2.75, 3.05) is 11.9 Å². The van der Waals surface area contributed by atoms with Gasteiger partial charge in [-0.15, -0.1) is 10.2 Å². The summed E-state index contributed by atoms with van der Waals surface area (Å²) in [7, 11) is 0. The molecule has 9 heteroatoms. The minimum atomic E-state index is -0.476. The lowest BCUT2D eigenvalue weighted by atomic mass is 10.2. The molecule has 0 aliphatic carbocycles. The summed E-state index contributed by atoms with van der Waals surface area (Å²) < 4.78 is 19.3. The molecule has 144 valence electrons. The van der Waals surface area contributed by atoms with Gasteiger partial charge in [-0.3, -0.25) is 9.36 Å². The Balaban J connectivity index is 1.86. The van der Waals surface area contributed by atoms with E-state index < -0.39 is 5.97 Å². The first-order chi connectivity index (χ1) is 13.5. The van der Waals surface area contributed by atoms with Gasteiger partial charge < -0.3 is 15.2 Å². The van der Waals surface area contributed by atoms with E-state index in [1.54, 1.807) is 31.2 Å². The molecule has 0 atom stereocenters. The van der Waals surface area contributed by atoms with Gasteiger partial charge in [0.1, 0.15) is 12.4 Å². The molecule has 28 heavy (non-hydrogen) atoms. The molecule has 0 aliphatic heterocycles. The van der Waals surface area contributed by atoms with E-state index in [2.05, 4.69) is 15.5 Å². The van der Waals surface area contributed by atoms with Crippen molar-refractivity contribution in [2.24, 2.45) is 10.2 Å². The Labute approximate surface area is 165 Å². The second kappa shape index (κ2) is 8.57. The van der Waals surface area contributed by atoms with Crippen LogP contribution in [0, 0.1) is 5.82 Å². The van der Waals surface area contributed by atoms with Crippen LogP contribution in [-0.4, -0.2) is 27.4 Å². The highest BCUT2D eigenvalue weighted by atomic mass is 32.1. The molecule has 3 rings (SSSR count). The van der Waals surface area contributed by atoms with Gasteiger partial charge in [-0.1, -0.05) is 18.2 Å². The number of halogens is 1. The number of esters is 1. The van der Waals surface area contributed by atoms with Gasteiger partial charge >= 0.3 is 5.97 Å². The van der Waals surface area contributed by atoms with Crippen LogP contribution in [0.1, 0.15) is 6.92 Å². The SMILES string of the molecule is CCOC(=O)Cn1c(O)c(N=NC(=S)Nc2ccc(F)cc2)c2ccccc21. The average molecular weight is 400 g/mol. The number of benzene rings is 2. The Morgan fingerprint density at radius 1 is 1.25 bits per heavy atom. The largest absolute Gasteiger partial charge is 0.493 e. The average Bonchev–Trinajstić information content (AvgIpc) is 2.94. The summed E-state index contributed by atoms with van der Waals surface area (Å²) in [5.41, 5.74) is 1.35. The zero-order valence-electron chi connectivity index (χ0n) is 14.9. The summed E-state index contributed by atoms with van der Waals surface area (Å²) in [6.45, 7) is 1.79. The first kappa shape index (κ1) is 19.4. The summed E-state index contributed by atoms with van der Waals surface area (Å²) in [6, 6.07) is 12.7.